The van der Waals surface area contributed by atoms with Crippen LogP contribution < -0.4 is 10.6 Å². The molecule has 1 saturated carbocycles. The van der Waals surface area contributed by atoms with Gasteiger partial charge in [-0.15, -0.1) is 0 Å². The fourth-order valence-corrected chi connectivity index (χ4v) is 2.69. The van der Waals surface area contributed by atoms with Gasteiger partial charge >= 0.3 is 0 Å². The highest BCUT2D eigenvalue weighted by Crippen LogP contribution is 2.18. The lowest BCUT2D eigenvalue weighted by Gasteiger charge is -2.30. The largest absolute Gasteiger partial charge is 0.393 e. The first kappa shape index (κ1) is 11.4. The summed E-state index contributed by atoms with van der Waals surface area (Å²) in [5, 5.41) is 16.6. The van der Waals surface area contributed by atoms with E-state index in [1.54, 1.807) is 0 Å². The summed E-state index contributed by atoms with van der Waals surface area (Å²) in [7, 11) is 0. The van der Waals surface area contributed by atoms with Crippen molar-refractivity contribution < 1.29 is 5.11 Å². The predicted molar refractivity (Wildman–Crippen MR) is 61.9 cm³/mol. The average molecular weight is 212 g/mol. The lowest BCUT2D eigenvalue weighted by atomic mass is 9.93. The molecule has 3 heteroatoms. The van der Waals surface area contributed by atoms with Crippen LogP contribution in [-0.2, 0) is 0 Å². The second-order valence-electron chi connectivity index (χ2n) is 5.06. The predicted octanol–water partition coefficient (Wildman–Crippen LogP) is 1.02. The topological polar surface area (TPSA) is 44.3 Å². The molecular weight excluding hydrogens is 188 g/mol. The minimum atomic E-state index is -0.0316. The first-order chi connectivity index (χ1) is 7.34. The Morgan fingerprint density at radius 1 is 1.07 bits per heavy atom. The molecule has 1 aliphatic heterocycles. The van der Waals surface area contributed by atoms with Gasteiger partial charge in [0.1, 0.15) is 0 Å². The van der Waals surface area contributed by atoms with E-state index in [0.717, 1.165) is 32.2 Å². The highest BCUT2D eigenvalue weighted by atomic mass is 16.3. The second-order valence-corrected chi connectivity index (χ2v) is 5.06. The van der Waals surface area contributed by atoms with Gasteiger partial charge in [0, 0.05) is 18.6 Å². The lowest BCUT2D eigenvalue weighted by molar-refractivity contribution is 0.116. The summed E-state index contributed by atoms with van der Waals surface area (Å²) in [5.74, 6) is 0. The third-order valence-electron chi connectivity index (χ3n) is 3.76. The SMILES string of the molecule is OC1CCC(NCC2CCCCN2)CC1. The summed E-state index contributed by atoms with van der Waals surface area (Å²) in [5.41, 5.74) is 0. The fourth-order valence-electron chi connectivity index (χ4n) is 2.69. The number of hydrogen-bond acceptors (Lipinski definition) is 3. The Labute approximate surface area is 92.6 Å². The van der Waals surface area contributed by atoms with Gasteiger partial charge in [0.25, 0.3) is 0 Å². The summed E-state index contributed by atoms with van der Waals surface area (Å²) < 4.78 is 0. The molecule has 2 aliphatic rings. The quantitative estimate of drug-likeness (QED) is 0.654. The van der Waals surface area contributed by atoms with Crippen molar-refractivity contribution in [3.8, 4) is 0 Å². The van der Waals surface area contributed by atoms with Gasteiger partial charge in [-0.25, -0.2) is 0 Å². The third-order valence-corrected chi connectivity index (χ3v) is 3.76. The molecule has 15 heavy (non-hydrogen) atoms. The Hall–Kier alpha value is -0.120. The number of rotatable bonds is 3. The third kappa shape index (κ3) is 3.74. The lowest BCUT2D eigenvalue weighted by Crippen LogP contribution is -2.45. The van der Waals surface area contributed by atoms with Crippen molar-refractivity contribution in [2.45, 2.75) is 63.1 Å². The Balaban J connectivity index is 1.60. The first-order valence-corrected chi connectivity index (χ1v) is 6.49. The van der Waals surface area contributed by atoms with Crippen LogP contribution >= 0.6 is 0 Å². The van der Waals surface area contributed by atoms with E-state index in [0.29, 0.717) is 12.1 Å². The van der Waals surface area contributed by atoms with Crippen LogP contribution in [-0.4, -0.2) is 36.4 Å². The number of hydrogen-bond donors (Lipinski definition) is 3. The van der Waals surface area contributed by atoms with Crippen molar-refractivity contribution >= 4 is 0 Å². The van der Waals surface area contributed by atoms with E-state index in [1.165, 1.54) is 25.8 Å². The molecule has 1 aliphatic carbocycles. The summed E-state index contributed by atoms with van der Waals surface area (Å²) in [6.07, 6.45) is 8.26. The van der Waals surface area contributed by atoms with E-state index in [-0.39, 0.29) is 6.10 Å². The van der Waals surface area contributed by atoms with Crippen molar-refractivity contribution in [3.05, 3.63) is 0 Å². The van der Waals surface area contributed by atoms with Crippen molar-refractivity contribution in [1.29, 1.82) is 0 Å². The van der Waals surface area contributed by atoms with Crippen LogP contribution in [0.25, 0.3) is 0 Å². The fraction of sp³-hybridized carbons (Fsp3) is 1.00. The first-order valence-electron chi connectivity index (χ1n) is 6.49. The normalized spacial score (nSPS) is 37.8. The van der Waals surface area contributed by atoms with Crippen LogP contribution in [0.1, 0.15) is 44.9 Å². The second kappa shape index (κ2) is 5.83. The maximum Gasteiger partial charge on any atom is 0.0541 e. The van der Waals surface area contributed by atoms with Crippen LogP contribution in [0.3, 0.4) is 0 Å². The van der Waals surface area contributed by atoms with Crippen molar-refractivity contribution in [1.82, 2.24) is 10.6 Å². The molecule has 0 aromatic carbocycles. The molecule has 2 rings (SSSR count). The standard InChI is InChI=1S/C12H24N2O/c15-12-6-4-10(5-7-12)14-9-11-3-1-2-8-13-11/h10-15H,1-9H2. The number of aliphatic hydroxyl groups is 1. The Morgan fingerprint density at radius 2 is 1.87 bits per heavy atom. The van der Waals surface area contributed by atoms with E-state index >= 15 is 0 Å². The maximum absolute atomic E-state index is 9.40. The molecule has 0 radical (unpaired) electrons. The van der Waals surface area contributed by atoms with Gasteiger partial charge in [0.15, 0.2) is 0 Å². The monoisotopic (exact) mass is 212 g/mol. The number of nitrogens with one attached hydrogen (secondary N) is 2. The zero-order chi connectivity index (χ0) is 10.5. The Bertz CT molecular complexity index is 172. The average Bonchev–Trinajstić information content (AvgIpc) is 2.30. The van der Waals surface area contributed by atoms with Gasteiger partial charge in [-0.2, -0.15) is 0 Å². The smallest absolute Gasteiger partial charge is 0.0541 e. The van der Waals surface area contributed by atoms with E-state index in [9.17, 15) is 5.11 Å². The zero-order valence-corrected chi connectivity index (χ0v) is 9.54. The molecule has 1 atom stereocenters. The Kier molecular flexibility index (Phi) is 4.42. The van der Waals surface area contributed by atoms with E-state index < -0.39 is 0 Å². The van der Waals surface area contributed by atoms with E-state index in [2.05, 4.69) is 10.6 Å². The maximum atomic E-state index is 9.40. The molecule has 3 nitrogen and oxygen atoms in total. The van der Waals surface area contributed by atoms with E-state index in [1.807, 2.05) is 0 Å². The molecular formula is C12H24N2O. The summed E-state index contributed by atoms with van der Waals surface area (Å²) in [6.45, 7) is 2.30. The molecule has 3 N–H and O–H groups in total. The minimum Gasteiger partial charge on any atom is -0.393 e. The summed E-state index contributed by atoms with van der Waals surface area (Å²) >= 11 is 0. The Morgan fingerprint density at radius 3 is 2.53 bits per heavy atom. The van der Waals surface area contributed by atoms with Gasteiger partial charge in [-0.1, -0.05) is 6.42 Å². The number of piperidine rings is 1. The summed E-state index contributed by atoms with van der Waals surface area (Å²) in [4.78, 5) is 0. The van der Waals surface area contributed by atoms with Crippen molar-refractivity contribution in [2.75, 3.05) is 13.1 Å². The van der Waals surface area contributed by atoms with Crippen LogP contribution in [0.4, 0.5) is 0 Å². The molecule has 1 unspecified atom stereocenters. The minimum absolute atomic E-state index is 0.0316. The molecule has 0 aromatic heterocycles. The highest BCUT2D eigenvalue weighted by molar-refractivity contribution is 4.80. The summed E-state index contributed by atoms with van der Waals surface area (Å²) in [6, 6.07) is 1.34. The van der Waals surface area contributed by atoms with Crippen LogP contribution in [0.2, 0.25) is 0 Å². The van der Waals surface area contributed by atoms with Crippen molar-refractivity contribution in [3.63, 3.8) is 0 Å². The van der Waals surface area contributed by atoms with Crippen LogP contribution in [0.15, 0.2) is 0 Å². The van der Waals surface area contributed by atoms with E-state index in [4.69, 9.17) is 0 Å². The highest BCUT2D eigenvalue weighted by Gasteiger charge is 2.20. The molecule has 0 amide bonds. The molecule has 0 aromatic rings. The molecule has 0 spiro atoms. The zero-order valence-electron chi connectivity index (χ0n) is 9.54. The molecule has 88 valence electrons. The van der Waals surface area contributed by atoms with Crippen LogP contribution in [0, 0.1) is 0 Å². The molecule has 0 bridgehead atoms. The van der Waals surface area contributed by atoms with Gasteiger partial charge in [0.05, 0.1) is 6.10 Å². The van der Waals surface area contributed by atoms with Gasteiger partial charge in [-0.3, -0.25) is 0 Å². The molecule has 1 heterocycles. The van der Waals surface area contributed by atoms with Crippen molar-refractivity contribution in [2.24, 2.45) is 0 Å². The van der Waals surface area contributed by atoms with Gasteiger partial charge in [0.2, 0.25) is 0 Å². The molecule has 2 fully saturated rings. The van der Waals surface area contributed by atoms with Crippen LogP contribution in [0.5, 0.6) is 0 Å². The number of aliphatic hydroxyl groups excluding tert-OH is 1. The van der Waals surface area contributed by atoms with Gasteiger partial charge in [-0.05, 0) is 45.1 Å². The molecule has 1 saturated heterocycles. The van der Waals surface area contributed by atoms with Gasteiger partial charge < -0.3 is 15.7 Å².